The Morgan fingerprint density at radius 2 is 2.04 bits per heavy atom. The van der Waals surface area contributed by atoms with E-state index in [2.05, 4.69) is 30.8 Å². The molecule has 0 aliphatic heterocycles. The Hall–Kier alpha value is -3.88. The molecule has 0 atom stereocenters. The molecule has 0 bridgehead atoms. The summed E-state index contributed by atoms with van der Waals surface area (Å²) in [4.78, 5) is 20.2. The second-order valence-electron chi connectivity index (χ2n) is 5.36. The van der Waals surface area contributed by atoms with Gasteiger partial charge in [0.15, 0.2) is 11.5 Å². The highest BCUT2D eigenvalue weighted by Crippen LogP contribution is 2.18. The Morgan fingerprint density at radius 3 is 2.85 bits per heavy atom. The first-order chi connectivity index (χ1) is 12.8. The molecule has 9 heteroatoms. The Kier molecular flexibility index (Phi) is 4.17. The van der Waals surface area contributed by atoms with Crippen molar-refractivity contribution < 1.29 is 9.32 Å². The molecular formula is C17H13N7O2. The Balaban J connectivity index is 1.40. The number of hydrogen-bond donors (Lipinski definition) is 1. The Morgan fingerprint density at radius 1 is 1.15 bits per heavy atom. The van der Waals surface area contributed by atoms with Crippen LogP contribution < -0.4 is 5.32 Å². The van der Waals surface area contributed by atoms with Crippen molar-refractivity contribution in [1.82, 2.24) is 35.4 Å². The van der Waals surface area contributed by atoms with E-state index in [-0.39, 0.29) is 18.1 Å². The zero-order chi connectivity index (χ0) is 17.8. The second-order valence-corrected chi connectivity index (χ2v) is 5.36. The zero-order valence-electron chi connectivity index (χ0n) is 13.5. The summed E-state index contributed by atoms with van der Waals surface area (Å²) in [6.45, 7) is 0.221. The highest BCUT2D eigenvalue weighted by molar-refractivity contribution is 5.92. The van der Waals surface area contributed by atoms with Gasteiger partial charge in [-0.1, -0.05) is 10.4 Å². The average molecular weight is 347 g/mol. The first-order valence-electron chi connectivity index (χ1n) is 7.76. The van der Waals surface area contributed by atoms with E-state index >= 15 is 0 Å². The summed E-state index contributed by atoms with van der Waals surface area (Å²) in [6.07, 6.45) is 8.37. The van der Waals surface area contributed by atoms with Gasteiger partial charge in [0.1, 0.15) is 5.69 Å². The number of nitrogens with one attached hydrogen (secondary N) is 1. The number of carbonyl (C=O) groups excluding carboxylic acids is 1. The van der Waals surface area contributed by atoms with E-state index in [0.717, 1.165) is 11.3 Å². The Labute approximate surface area is 147 Å². The fraction of sp³-hybridized carbons (Fsp3) is 0.0588. The van der Waals surface area contributed by atoms with Crippen molar-refractivity contribution in [1.29, 1.82) is 0 Å². The molecule has 4 aromatic heterocycles. The molecule has 0 aliphatic rings. The lowest BCUT2D eigenvalue weighted by molar-refractivity contribution is 0.0941. The molecule has 9 nitrogen and oxygen atoms in total. The lowest BCUT2D eigenvalue weighted by Gasteiger charge is -1.99. The minimum absolute atomic E-state index is 0.186. The van der Waals surface area contributed by atoms with Crippen LogP contribution in [0.25, 0.3) is 17.0 Å². The molecule has 1 N–H and O–H groups in total. The van der Waals surface area contributed by atoms with Gasteiger partial charge in [-0.15, -0.1) is 5.10 Å². The van der Waals surface area contributed by atoms with Gasteiger partial charge >= 0.3 is 0 Å². The van der Waals surface area contributed by atoms with Crippen LogP contribution >= 0.6 is 0 Å². The average Bonchev–Trinajstić information content (AvgIpc) is 3.37. The SMILES string of the molecule is O=C(NCc1cn(-c2ccncc2)nn1)c1cc(-c2cccnc2)on1. The fourth-order valence-electron chi connectivity index (χ4n) is 2.29. The predicted octanol–water partition coefficient (Wildman–Crippen LogP) is 1.64. The molecule has 0 fully saturated rings. The summed E-state index contributed by atoms with van der Waals surface area (Å²) in [5, 5.41) is 14.6. The van der Waals surface area contributed by atoms with Crippen molar-refractivity contribution in [2.24, 2.45) is 0 Å². The third-order valence-corrected chi connectivity index (χ3v) is 3.59. The number of rotatable bonds is 5. The normalized spacial score (nSPS) is 10.6. The van der Waals surface area contributed by atoms with Crippen LogP contribution in [0.1, 0.15) is 16.2 Å². The van der Waals surface area contributed by atoms with Crippen LogP contribution in [0.2, 0.25) is 0 Å². The minimum Gasteiger partial charge on any atom is -0.355 e. The van der Waals surface area contributed by atoms with E-state index in [9.17, 15) is 4.79 Å². The smallest absolute Gasteiger partial charge is 0.273 e. The highest BCUT2D eigenvalue weighted by atomic mass is 16.5. The van der Waals surface area contributed by atoms with E-state index in [1.54, 1.807) is 47.8 Å². The van der Waals surface area contributed by atoms with Crippen LogP contribution in [0.3, 0.4) is 0 Å². The third-order valence-electron chi connectivity index (χ3n) is 3.59. The van der Waals surface area contributed by atoms with Gasteiger partial charge in [-0.25, -0.2) is 4.68 Å². The number of nitrogens with zero attached hydrogens (tertiary/aromatic N) is 6. The van der Waals surface area contributed by atoms with Crippen LogP contribution in [0, 0.1) is 0 Å². The number of aromatic nitrogens is 6. The zero-order valence-corrected chi connectivity index (χ0v) is 13.5. The summed E-state index contributed by atoms with van der Waals surface area (Å²) in [7, 11) is 0. The minimum atomic E-state index is -0.359. The molecule has 0 radical (unpaired) electrons. The number of hydrogen-bond acceptors (Lipinski definition) is 7. The van der Waals surface area contributed by atoms with Gasteiger partial charge in [0.25, 0.3) is 5.91 Å². The van der Waals surface area contributed by atoms with Crippen molar-refractivity contribution >= 4 is 5.91 Å². The molecule has 0 unspecified atom stereocenters. The van der Waals surface area contributed by atoms with E-state index in [0.29, 0.717) is 11.5 Å². The monoisotopic (exact) mass is 347 g/mol. The van der Waals surface area contributed by atoms with Gasteiger partial charge < -0.3 is 9.84 Å². The maximum atomic E-state index is 12.2. The molecule has 4 aromatic rings. The van der Waals surface area contributed by atoms with Crippen LogP contribution in [-0.4, -0.2) is 36.0 Å². The van der Waals surface area contributed by atoms with Gasteiger partial charge in [0, 0.05) is 36.4 Å². The quantitative estimate of drug-likeness (QED) is 0.584. The summed E-state index contributed by atoms with van der Waals surface area (Å²) < 4.78 is 6.81. The van der Waals surface area contributed by atoms with E-state index < -0.39 is 0 Å². The van der Waals surface area contributed by atoms with Crippen LogP contribution in [0.15, 0.2) is 65.8 Å². The number of amides is 1. The molecule has 0 saturated carbocycles. The van der Waals surface area contributed by atoms with Gasteiger partial charge in [-0.2, -0.15) is 0 Å². The summed E-state index contributed by atoms with van der Waals surface area (Å²) in [5.41, 5.74) is 2.39. The number of pyridine rings is 2. The Bertz CT molecular complexity index is 1010. The van der Waals surface area contributed by atoms with Crippen LogP contribution in [-0.2, 0) is 6.54 Å². The summed E-state index contributed by atoms with van der Waals surface area (Å²) in [5.74, 6) is 0.120. The lowest BCUT2D eigenvalue weighted by Crippen LogP contribution is -2.23. The first kappa shape index (κ1) is 15.6. The second kappa shape index (κ2) is 6.93. The van der Waals surface area contributed by atoms with Crippen molar-refractivity contribution in [3.63, 3.8) is 0 Å². The van der Waals surface area contributed by atoms with Crippen molar-refractivity contribution in [2.45, 2.75) is 6.54 Å². The molecule has 1 amide bonds. The molecular weight excluding hydrogens is 334 g/mol. The topological polar surface area (TPSA) is 112 Å². The molecule has 0 saturated heterocycles. The fourth-order valence-corrected chi connectivity index (χ4v) is 2.29. The van der Waals surface area contributed by atoms with Gasteiger partial charge in [0.2, 0.25) is 0 Å². The van der Waals surface area contributed by atoms with E-state index in [1.807, 2.05) is 18.2 Å². The molecule has 4 heterocycles. The van der Waals surface area contributed by atoms with E-state index in [4.69, 9.17) is 4.52 Å². The lowest BCUT2D eigenvalue weighted by atomic mass is 10.2. The predicted molar refractivity (Wildman–Crippen MR) is 90.1 cm³/mol. The first-order valence-corrected chi connectivity index (χ1v) is 7.76. The van der Waals surface area contributed by atoms with Crippen LogP contribution in [0.4, 0.5) is 0 Å². The van der Waals surface area contributed by atoms with Crippen LogP contribution in [0.5, 0.6) is 0 Å². The molecule has 26 heavy (non-hydrogen) atoms. The van der Waals surface area contributed by atoms with Gasteiger partial charge in [-0.3, -0.25) is 14.8 Å². The molecule has 128 valence electrons. The molecule has 0 aliphatic carbocycles. The summed E-state index contributed by atoms with van der Waals surface area (Å²) >= 11 is 0. The largest absolute Gasteiger partial charge is 0.355 e. The maximum absolute atomic E-state index is 12.2. The van der Waals surface area contributed by atoms with Crippen molar-refractivity contribution in [3.8, 4) is 17.0 Å². The standard InChI is InChI=1S/C17H13N7O2/c25-17(15-8-16(26-22-15)12-2-1-5-19-9-12)20-10-13-11-24(23-21-13)14-3-6-18-7-4-14/h1-9,11H,10H2,(H,20,25). The molecule has 0 spiro atoms. The summed E-state index contributed by atoms with van der Waals surface area (Å²) in [6, 6.07) is 8.80. The van der Waals surface area contributed by atoms with Gasteiger partial charge in [-0.05, 0) is 24.3 Å². The number of carbonyl (C=O) groups is 1. The molecule has 4 rings (SSSR count). The van der Waals surface area contributed by atoms with Crippen molar-refractivity contribution in [2.75, 3.05) is 0 Å². The maximum Gasteiger partial charge on any atom is 0.273 e. The van der Waals surface area contributed by atoms with Crippen molar-refractivity contribution in [3.05, 3.63) is 72.7 Å². The third kappa shape index (κ3) is 3.31. The highest BCUT2D eigenvalue weighted by Gasteiger charge is 2.14. The van der Waals surface area contributed by atoms with Gasteiger partial charge in [0.05, 0.1) is 18.4 Å². The molecule has 0 aromatic carbocycles. The van der Waals surface area contributed by atoms with E-state index in [1.165, 1.54) is 0 Å².